The van der Waals surface area contributed by atoms with Crippen LogP contribution in [0.5, 0.6) is 5.75 Å². The van der Waals surface area contributed by atoms with E-state index in [-0.39, 0.29) is 24.5 Å². The molecule has 132 valence electrons. The molecule has 1 amide bonds. The molecule has 1 aromatic rings. The Labute approximate surface area is 142 Å². The first-order valence-electron chi connectivity index (χ1n) is 8.23. The van der Waals surface area contributed by atoms with Crippen molar-refractivity contribution in [3.8, 4) is 5.75 Å². The van der Waals surface area contributed by atoms with E-state index in [9.17, 15) is 9.59 Å². The van der Waals surface area contributed by atoms with Crippen LogP contribution in [0.3, 0.4) is 0 Å². The van der Waals surface area contributed by atoms with Crippen LogP contribution in [0, 0.1) is 6.92 Å². The molecule has 1 fully saturated rings. The van der Waals surface area contributed by atoms with Gasteiger partial charge in [-0.3, -0.25) is 9.59 Å². The van der Waals surface area contributed by atoms with Gasteiger partial charge in [0.2, 0.25) is 5.91 Å². The standard InChI is InChI=1S/C18H25NO5/c1-13-5-3-6-15(9-13)24-8-4-7-17(20)19-12-16(23-2)10-14(19)11-18(21)22/h3,5-6,9,14,16H,4,7-8,10-12H2,1-2H3,(H,21,22). The molecule has 1 aliphatic heterocycles. The fourth-order valence-corrected chi connectivity index (χ4v) is 3.01. The van der Waals surface area contributed by atoms with Crippen LogP contribution in [0.15, 0.2) is 24.3 Å². The average Bonchev–Trinajstić information content (AvgIpc) is 2.94. The van der Waals surface area contributed by atoms with Crippen molar-refractivity contribution >= 4 is 11.9 Å². The molecule has 2 rings (SSSR count). The van der Waals surface area contributed by atoms with Crippen molar-refractivity contribution in [3.05, 3.63) is 29.8 Å². The van der Waals surface area contributed by atoms with Crippen molar-refractivity contribution in [1.82, 2.24) is 4.90 Å². The predicted molar refractivity (Wildman–Crippen MR) is 89.1 cm³/mol. The summed E-state index contributed by atoms with van der Waals surface area (Å²) >= 11 is 0. The molecule has 0 radical (unpaired) electrons. The third-order valence-electron chi connectivity index (χ3n) is 4.23. The van der Waals surface area contributed by atoms with Gasteiger partial charge >= 0.3 is 5.97 Å². The monoisotopic (exact) mass is 335 g/mol. The zero-order valence-corrected chi connectivity index (χ0v) is 14.2. The minimum absolute atomic E-state index is 0.0337. The molecule has 24 heavy (non-hydrogen) atoms. The van der Waals surface area contributed by atoms with Crippen LogP contribution in [-0.2, 0) is 14.3 Å². The highest BCUT2D eigenvalue weighted by atomic mass is 16.5. The van der Waals surface area contributed by atoms with E-state index in [4.69, 9.17) is 14.6 Å². The van der Waals surface area contributed by atoms with Gasteiger partial charge in [0.05, 0.1) is 19.1 Å². The molecule has 0 bridgehead atoms. The van der Waals surface area contributed by atoms with Gasteiger partial charge in [-0.25, -0.2) is 0 Å². The van der Waals surface area contributed by atoms with E-state index in [1.165, 1.54) is 0 Å². The number of rotatable bonds is 8. The second kappa shape index (κ2) is 8.68. The molecular formula is C18H25NO5. The summed E-state index contributed by atoms with van der Waals surface area (Å²) in [4.78, 5) is 25.0. The van der Waals surface area contributed by atoms with E-state index in [0.717, 1.165) is 11.3 Å². The number of carboxylic acids is 1. The van der Waals surface area contributed by atoms with Gasteiger partial charge in [-0.2, -0.15) is 0 Å². The minimum atomic E-state index is -0.891. The van der Waals surface area contributed by atoms with Crippen LogP contribution in [-0.4, -0.2) is 54.3 Å². The molecule has 1 heterocycles. The quantitative estimate of drug-likeness (QED) is 0.737. The highest BCUT2D eigenvalue weighted by Gasteiger charge is 2.36. The van der Waals surface area contributed by atoms with Crippen molar-refractivity contribution in [1.29, 1.82) is 0 Å². The largest absolute Gasteiger partial charge is 0.494 e. The van der Waals surface area contributed by atoms with Gasteiger partial charge in [-0.05, 0) is 37.5 Å². The number of carbonyl (C=O) groups excluding carboxylic acids is 1. The van der Waals surface area contributed by atoms with Crippen LogP contribution < -0.4 is 4.74 Å². The summed E-state index contributed by atoms with van der Waals surface area (Å²) < 4.78 is 10.9. The van der Waals surface area contributed by atoms with Gasteiger partial charge in [0, 0.05) is 26.1 Å². The number of ether oxygens (including phenoxy) is 2. The molecule has 2 atom stereocenters. The third-order valence-corrected chi connectivity index (χ3v) is 4.23. The molecule has 1 aromatic carbocycles. The molecule has 1 saturated heterocycles. The van der Waals surface area contributed by atoms with Crippen molar-refractivity contribution in [3.63, 3.8) is 0 Å². The molecule has 1 aliphatic rings. The van der Waals surface area contributed by atoms with E-state index in [1.807, 2.05) is 31.2 Å². The Balaban J connectivity index is 1.79. The normalized spacial score (nSPS) is 20.2. The Morgan fingerprint density at radius 1 is 1.38 bits per heavy atom. The lowest BCUT2D eigenvalue weighted by Gasteiger charge is -2.23. The first-order chi connectivity index (χ1) is 11.5. The number of hydrogen-bond donors (Lipinski definition) is 1. The zero-order chi connectivity index (χ0) is 17.5. The maximum Gasteiger partial charge on any atom is 0.305 e. The summed E-state index contributed by atoms with van der Waals surface area (Å²) in [5.41, 5.74) is 1.13. The Kier molecular flexibility index (Phi) is 6.61. The summed E-state index contributed by atoms with van der Waals surface area (Å²) in [6, 6.07) is 7.49. The fraction of sp³-hybridized carbons (Fsp3) is 0.556. The summed E-state index contributed by atoms with van der Waals surface area (Å²) in [7, 11) is 1.59. The van der Waals surface area contributed by atoms with Gasteiger partial charge in [-0.15, -0.1) is 0 Å². The topological polar surface area (TPSA) is 76.1 Å². The molecule has 1 N–H and O–H groups in total. The molecule has 6 heteroatoms. The summed E-state index contributed by atoms with van der Waals surface area (Å²) in [5.74, 6) is -0.127. The summed E-state index contributed by atoms with van der Waals surface area (Å²) in [5, 5.41) is 9.00. The van der Waals surface area contributed by atoms with E-state index in [0.29, 0.717) is 32.4 Å². The average molecular weight is 335 g/mol. The van der Waals surface area contributed by atoms with Crippen LogP contribution >= 0.6 is 0 Å². The molecule has 2 unspecified atom stereocenters. The first kappa shape index (κ1) is 18.3. The number of aryl methyl sites for hydroxylation is 1. The number of carboxylic acid groups (broad SMARTS) is 1. The van der Waals surface area contributed by atoms with E-state index in [1.54, 1.807) is 12.0 Å². The SMILES string of the molecule is COC1CC(CC(=O)O)N(C(=O)CCCOc2cccc(C)c2)C1. The number of methoxy groups -OCH3 is 1. The third kappa shape index (κ3) is 5.23. The van der Waals surface area contributed by atoms with Crippen molar-refractivity contribution in [2.75, 3.05) is 20.3 Å². The Morgan fingerprint density at radius 3 is 2.83 bits per heavy atom. The van der Waals surface area contributed by atoms with E-state index >= 15 is 0 Å². The summed E-state index contributed by atoms with van der Waals surface area (Å²) in [6.07, 6.45) is 1.40. The van der Waals surface area contributed by atoms with E-state index < -0.39 is 5.97 Å². The highest BCUT2D eigenvalue weighted by Crippen LogP contribution is 2.24. The van der Waals surface area contributed by atoms with Gasteiger partial charge in [0.15, 0.2) is 0 Å². The number of likely N-dealkylation sites (tertiary alicyclic amines) is 1. The molecule has 0 aliphatic carbocycles. The van der Waals surface area contributed by atoms with Gasteiger partial charge in [-0.1, -0.05) is 12.1 Å². The Morgan fingerprint density at radius 2 is 2.17 bits per heavy atom. The Hall–Kier alpha value is -2.08. The number of carbonyl (C=O) groups is 2. The number of aliphatic carboxylic acids is 1. The van der Waals surface area contributed by atoms with Crippen molar-refractivity contribution in [2.45, 2.75) is 44.8 Å². The second-order valence-electron chi connectivity index (χ2n) is 6.16. The number of amides is 1. The van der Waals surface area contributed by atoms with Crippen LogP contribution in [0.2, 0.25) is 0 Å². The maximum absolute atomic E-state index is 12.4. The molecule has 6 nitrogen and oxygen atoms in total. The van der Waals surface area contributed by atoms with Crippen molar-refractivity contribution < 1.29 is 24.2 Å². The number of benzene rings is 1. The zero-order valence-electron chi connectivity index (χ0n) is 14.2. The molecule has 0 aromatic heterocycles. The van der Waals surface area contributed by atoms with Crippen LogP contribution in [0.4, 0.5) is 0 Å². The van der Waals surface area contributed by atoms with Gasteiger partial charge in [0.25, 0.3) is 0 Å². The highest BCUT2D eigenvalue weighted by molar-refractivity contribution is 5.78. The van der Waals surface area contributed by atoms with E-state index in [2.05, 4.69) is 0 Å². The lowest BCUT2D eigenvalue weighted by Crippen LogP contribution is -2.37. The minimum Gasteiger partial charge on any atom is -0.494 e. The second-order valence-corrected chi connectivity index (χ2v) is 6.16. The van der Waals surface area contributed by atoms with Crippen LogP contribution in [0.1, 0.15) is 31.2 Å². The smallest absolute Gasteiger partial charge is 0.305 e. The Bertz CT molecular complexity index is 574. The predicted octanol–water partition coefficient (Wildman–Crippen LogP) is 2.24. The first-order valence-corrected chi connectivity index (χ1v) is 8.23. The maximum atomic E-state index is 12.4. The summed E-state index contributed by atoms with van der Waals surface area (Å²) in [6.45, 7) is 2.92. The fourth-order valence-electron chi connectivity index (χ4n) is 3.01. The lowest BCUT2D eigenvalue weighted by molar-refractivity contribution is -0.140. The lowest BCUT2D eigenvalue weighted by atomic mass is 10.1. The van der Waals surface area contributed by atoms with Crippen LogP contribution in [0.25, 0.3) is 0 Å². The molecule has 0 spiro atoms. The van der Waals surface area contributed by atoms with Crippen molar-refractivity contribution in [2.24, 2.45) is 0 Å². The van der Waals surface area contributed by atoms with Gasteiger partial charge in [0.1, 0.15) is 5.75 Å². The van der Waals surface area contributed by atoms with Gasteiger partial charge < -0.3 is 19.5 Å². The number of nitrogens with zero attached hydrogens (tertiary/aromatic N) is 1. The number of hydrogen-bond acceptors (Lipinski definition) is 4. The molecular weight excluding hydrogens is 310 g/mol. The molecule has 0 saturated carbocycles.